The van der Waals surface area contributed by atoms with Gasteiger partial charge < -0.3 is 9.26 Å². The molecule has 8 heteroatoms. The molecule has 2 heterocycles. The van der Waals surface area contributed by atoms with Gasteiger partial charge in [-0.15, -0.1) is 10.2 Å². The molecule has 2 aromatic rings. The highest BCUT2D eigenvalue weighted by Crippen LogP contribution is 2.34. The number of thioether (sulfide) groups is 1. The number of carbonyl (C=O) groups excluding carboxylic acids is 1. The molecule has 0 amide bonds. The predicted octanol–water partition coefficient (Wildman–Crippen LogP) is 2.46. The standard InChI is InChI=1S/C11H13N3O3S2/c1-5-8(6(2)17-14-5)9-12-13-11(19-9)18-7(3)10(15)16-4/h7H,1-4H3. The molecule has 1 unspecified atom stereocenters. The molecule has 0 aliphatic carbocycles. The van der Waals surface area contributed by atoms with Crippen LogP contribution < -0.4 is 0 Å². The van der Waals surface area contributed by atoms with Crippen LogP contribution in [0, 0.1) is 13.8 Å². The Kier molecular flexibility index (Phi) is 4.20. The number of ether oxygens (including phenoxy) is 1. The molecule has 6 nitrogen and oxygen atoms in total. The van der Waals surface area contributed by atoms with Crippen molar-refractivity contribution in [1.29, 1.82) is 0 Å². The highest BCUT2D eigenvalue weighted by Gasteiger charge is 2.20. The van der Waals surface area contributed by atoms with Crippen LogP contribution in [-0.4, -0.2) is 33.7 Å². The topological polar surface area (TPSA) is 78.1 Å². The summed E-state index contributed by atoms with van der Waals surface area (Å²) in [5.74, 6) is 0.435. The zero-order chi connectivity index (χ0) is 14.0. The fraction of sp³-hybridized carbons (Fsp3) is 0.455. The third-order valence-electron chi connectivity index (χ3n) is 2.46. The molecule has 0 spiro atoms. The normalized spacial score (nSPS) is 12.4. The van der Waals surface area contributed by atoms with Crippen molar-refractivity contribution in [3.05, 3.63) is 11.5 Å². The quantitative estimate of drug-likeness (QED) is 0.634. The summed E-state index contributed by atoms with van der Waals surface area (Å²) >= 11 is 2.73. The summed E-state index contributed by atoms with van der Waals surface area (Å²) in [6, 6.07) is 0. The fourth-order valence-corrected chi connectivity index (χ4v) is 3.68. The molecule has 0 fully saturated rings. The molecule has 0 aliphatic rings. The summed E-state index contributed by atoms with van der Waals surface area (Å²) in [7, 11) is 1.37. The van der Waals surface area contributed by atoms with Gasteiger partial charge in [0.1, 0.15) is 11.0 Å². The highest BCUT2D eigenvalue weighted by atomic mass is 32.2. The van der Waals surface area contributed by atoms with Crippen molar-refractivity contribution in [2.24, 2.45) is 0 Å². The van der Waals surface area contributed by atoms with E-state index in [1.54, 1.807) is 6.92 Å². The molecule has 102 valence electrons. The van der Waals surface area contributed by atoms with E-state index in [2.05, 4.69) is 20.1 Å². The highest BCUT2D eigenvalue weighted by molar-refractivity contribution is 8.02. The first-order chi connectivity index (χ1) is 9.02. The Hall–Kier alpha value is -1.41. The zero-order valence-electron chi connectivity index (χ0n) is 11.0. The lowest BCUT2D eigenvalue weighted by atomic mass is 10.2. The van der Waals surface area contributed by atoms with Crippen LogP contribution in [0.3, 0.4) is 0 Å². The first-order valence-electron chi connectivity index (χ1n) is 5.54. The van der Waals surface area contributed by atoms with Crippen LogP contribution in [0.1, 0.15) is 18.4 Å². The van der Waals surface area contributed by atoms with E-state index in [1.807, 2.05) is 13.8 Å². The van der Waals surface area contributed by atoms with Crippen LogP contribution in [0.4, 0.5) is 0 Å². The molecule has 0 aliphatic heterocycles. The number of carbonyl (C=O) groups is 1. The van der Waals surface area contributed by atoms with Gasteiger partial charge in [0.2, 0.25) is 0 Å². The third-order valence-corrected chi connectivity index (χ3v) is 4.57. The largest absolute Gasteiger partial charge is 0.468 e. The average Bonchev–Trinajstić information content (AvgIpc) is 2.95. The summed E-state index contributed by atoms with van der Waals surface area (Å²) in [6.07, 6.45) is 0. The van der Waals surface area contributed by atoms with Crippen molar-refractivity contribution >= 4 is 29.1 Å². The molecule has 0 bridgehead atoms. The molecular formula is C11H13N3O3S2. The van der Waals surface area contributed by atoms with Gasteiger partial charge in [0.25, 0.3) is 0 Å². The minimum absolute atomic E-state index is 0.279. The number of esters is 1. The van der Waals surface area contributed by atoms with Gasteiger partial charge in [0.15, 0.2) is 9.35 Å². The maximum atomic E-state index is 11.3. The van der Waals surface area contributed by atoms with Gasteiger partial charge in [-0.3, -0.25) is 4.79 Å². The number of hydrogen-bond acceptors (Lipinski definition) is 8. The average molecular weight is 299 g/mol. The van der Waals surface area contributed by atoms with E-state index in [0.29, 0.717) is 10.1 Å². The van der Waals surface area contributed by atoms with Crippen LogP contribution >= 0.6 is 23.1 Å². The van der Waals surface area contributed by atoms with Crippen molar-refractivity contribution < 1.29 is 14.1 Å². The number of aromatic nitrogens is 3. The lowest BCUT2D eigenvalue weighted by Gasteiger charge is -2.04. The predicted molar refractivity (Wildman–Crippen MR) is 72.2 cm³/mol. The second-order valence-corrected chi connectivity index (χ2v) is 6.42. The monoisotopic (exact) mass is 299 g/mol. The van der Waals surface area contributed by atoms with Crippen LogP contribution in [0.2, 0.25) is 0 Å². The van der Waals surface area contributed by atoms with Gasteiger partial charge in [-0.2, -0.15) is 0 Å². The second kappa shape index (κ2) is 5.70. The van der Waals surface area contributed by atoms with Gasteiger partial charge >= 0.3 is 5.97 Å². The van der Waals surface area contributed by atoms with E-state index in [0.717, 1.165) is 16.3 Å². The molecule has 0 N–H and O–H groups in total. The Bertz CT molecular complexity index is 574. The summed E-state index contributed by atoms with van der Waals surface area (Å²) in [5, 5.41) is 12.5. The number of nitrogens with zero attached hydrogens (tertiary/aromatic N) is 3. The minimum atomic E-state index is -0.310. The van der Waals surface area contributed by atoms with Gasteiger partial charge in [0, 0.05) is 0 Å². The van der Waals surface area contributed by atoms with Crippen molar-refractivity contribution in [1.82, 2.24) is 15.4 Å². The van der Waals surface area contributed by atoms with E-state index in [1.165, 1.54) is 30.2 Å². The van der Waals surface area contributed by atoms with Crippen molar-refractivity contribution in [2.45, 2.75) is 30.4 Å². The zero-order valence-corrected chi connectivity index (χ0v) is 12.6. The number of hydrogen-bond donors (Lipinski definition) is 0. The molecular weight excluding hydrogens is 286 g/mol. The van der Waals surface area contributed by atoms with E-state index >= 15 is 0 Å². The van der Waals surface area contributed by atoms with Crippen molar-refractivity contribution in [2.75, 3.05) is 7.11 Å². The summed E-state index contributed by atoms with van der Waals surface area (Å²) in [5.41, 5.74) is 1.65. The SMILES string of the molecule is COC(=O)C(C)Sc1nnc(-c2c(C)noc2C)s1. The van der Waals surface area contributed by atoms with E-state index < -0.39 is 0 Å². The Morgan fingerprint density at radius 1 is 1.42 bits per heavy atom. The summed E-state index contributed by atoms with van der Waals surface area (Å²) < 4.78 is 10.5. The van der Waals surface area contributed by atoms with Gasteiger partial charge in [-0.25, -0.2) is 0 Å². The van der Waals surface area contributed by atoms with Crippen LogP contribution in [0.15, 0.2) is 8.86 Å². The van der Waals surface area contributed by atoms with E-state index in [4.69, 9.17) is 4.52 Å². The van der Waals surface area contributed by atoms with Crippen molar-refractivity contribution in [3.63, 3.8) is 0 Å². The molecule has 2 aromatic heterocycles. The smallest absolute Gasteiger partial charge is 0.318 e. The number of aryl methyl sites for hydroxylation is 2. The van der Waals surface area contributed by atoms with Gasteiger partial charge in [-0.1, -0.05) is 28.3 Å². The van der Waals surface area contributed by atoms with E-state index in [-0.39, 0.29) is 11.2 Å². The molecule has 0 saturated carbocycles. The molecule has 0 radical (unpaired) electrons. The molecule has 2 rings (SSSR count). The Balaban J connectivity index is 2.18. The Morgan fingerprint density at radius 2 is 2.16 bits per heavy atom. The van der Waals surface area contributed by atoms with Gasteiger partial charge in [0.05, 0.1) is 18.4 Å². The van der Waals surface area contributed by atoms with Crippen molar-refractivity contribution in [3.8, 4) is 10.6 Å². The first-order valence-corrected chi connectivity index (χ1v) is 7.23. The van der Waals surface area contributed by atoms with Gasteiger partial charge in [-0.05, 0) is 20.8 Å². The summed E-state index contributed by atoms with van der Waals surface area (Å²) in [4.78, 5) is 11.3. The maximum Gasteiger partial charge on any atom is 0.318 e. The second-order valence-electron chi connectivity index (χ2n) is 3.86. The van der Waals surface area contributed by atoms with Crippen LogP contribution in [0.25, 0.3) is 10.6 Å². The third kappa shape index (κ3) is 2.95. The lowest BCUT2D eigenvalue weighted by Crippen LogP contribution is -2.14. The number of methoxy groups -OCH3 is 1. The van der Waals surface area contributed by atoms with E-state index in [9.17, 15) is 4.79 Å². The maximum absolute atomic E-state index is 11.3. The Morgan fingerprint density at radius 3 is 2.74 bits per heavy atom. The fourth-order valence-electron chi connectivity index (χ4n) is 1.51. The molecule has 0 saturated heterocycles. The molecule has 1 atom stereocenters. The minimum Gasteiger partial charge on any atom is -0.468 e. The number of rotatable bonds is 4. The molecule has 19 heavy (non-hydrogen) atoms. The first kappa shape index (κ1) is 14.0. The van der Waals surface area contributed by atoms with Crippen LogP contribution in [0.5, 0.6) is 0 Å². The Labute approximate surface area is 118 Å². The van der Waals surface area contributed by atoms with Crippen LogP contribution in [-0.2, 0) is 9.53 Å². The lowest BCUT2D eigenvalue weighted by molar-refractivity contribution is -0.139. The summed E-state index contributed by atoms with van der Waals surface area (Å²) in [6.45, 7) is 5.46. The molecule has 0 aromatic carbocycles.